The van der Waals surface area contributed by atoms with E-state index in [0.29, 0.717) is 5.56 Å². The first-order chi connectivity index (χ1) is 8.30. The van der Waals surface area contributed by atoms with Crippen LogP contribution in [0.25, 0.3) is 0 Å². The highest BCUT2D eigenvalue weighted by molar-refractivity contribution is 14.1. The summed E-state index contributed by atoms with van der Waals surface area (Å²) in [5, 5.41) is 0. The van der Waals surface area contributed by atoms with Gasteiger partial charge in [-0.3, -0.25) is 0 Å². The molecule has 0 radical (unpaired) electrons. The maximum Gasteiger partial charge on any atom is 0.574 e. The van der Waals surface area contributed by atoms with E-state index in [-0.39, 0.29) is 9.45 Å². The average molecular weight is 396 g/mol. The van der Waals surface area contributed by atoms with Crippen LogP contribution in [0.3, 0.4) is 0 Å². The Balaban J connectivity index is 3.34. The van der Waals surface area contributed by atoms with Gasteiger partial charge in [0.25, 0.3) is 0 Å². The lowest BCUT2D eigenvalue weighted by Crippen LogP contribution is -2.21. The van der Waals surface area contributed by atoms with Gasteiger partial charge in [0.05, 0.1) is 7.11 Å². The highest BCUT2D eigenvalue weighted by Gasteiger charge is 2.35. The van der Waals surface area contributed by atoms with Crippen molar-refractivity contribution in [3.63, 3.8) is 0 Å². The lowest BCUT2D eigenvalue weighted by molar-refractivity contribution is -0.276. The van der Waals surface area contributed by atoms with Crippen LogP contribution in [0.15, 0.2) is 6.20 Å². The van der Waals surface area contributed by atoms with E-state index in [1.165, 1.54) is 0 Å². The van der Waals surface area contributed by atoms with Crippen molar-refractivity contribution in [1.82, 2.24) is 4.98 Å². The second-order valence-corrected chi connectivity index (χ2v) is 4.30. The average Bonchev–Trinajstić information content (AvgIpc) is 2.26. The van der Waals surface area contributed by atoms with E-state index < -0.39 is 23.8 Å². The molecule has 1 aromatic heterocycles. The SMILES string of the molecule is COC(=O)c1c(OC(F)(F)F)ncc(CCl)c1I. The summed E-state index contributed by atoms with van der Waals surface area (Å²) in [4.78, 5) is 14.9. The van der Waals surface area contributed by atoms with Crippen molar-refractivity contribution in [3.8, 4) is 5.88 Å². The highest BCUT2D eigenvalue weighted by atomic mass is 127. The fraction of sp³-hybridized carbons (Fsp3) is 0.333. The number of carbonyl (C=O) groups is 1. The minimum Gasteiger partial charge on any atom is -0.465 e. The Labute approximate surface area is 119 Å². The van der Waals surface area contributed by atoms with Crippen molar-refractivity contribution in [2.75, 3.05) is 7.11 Å². The molecule has 0 fully saturated rings. The predicted molar refractivity (Wildman–Crippen MR) is 64.5 cm³/mol. The minimum atomic E-state index is -4.94. The van der Waals surface area contributed by atoms with Crippen molar-refractivity contribution < 1.29 is 27.4 Å². The first-order valence-corrected chi connectivity index (χ1v) is 5.99. The van der Waals surface area contributed by atoms with Gasteiger partial charge in [-0.1, -0.05) is 0 Å². The molecule has 9 heteroatoms. The summed E-state index contributed by atoms with van der Waals surface area (Å²) in [7, 11) is 1.04. The summed E-state index contributed by atoms with van der Waals surface area (Å²) in [5.41, 5.74) is 0.0146. The number of nitrogens with zero attached hydrogens (tertiary/aromatic N) is 1. The number of halogens is 5. The maximum absolute atomic E-state index is 12.2. The van der Waals surface area contributed by atoms with Crippen molar-refractivity contribution in [1.29, 1.82) is 0 Å². The fourth-order valence-electron chi connectivity index (χ4n) is 1.07. The lowest BCUT2D eigenvalue weighted by atomic mass is 10.2. The molecule has 18 heavy (non-hydrogen) atoms. The number of alkyl halides is 4. The molecule has 0 aliphatic heterocycles. The lowest BCUT2D eigenvalue weighted by Gasteiger charge is -2.13. The molecule has 0 bridgehead atoms. The Kier molecular flexibility index (Phi) is 5.02. The predicted octanol–water partition coefficient (Wildman–Crippen LogP) is 3.11. The van der Waals surface area contributed by atoms with Crippen LogP contribution in [0.1, 0.15) is 15.9 Å². The third-order valence-electron chi connectivity index (χ3n) is 1.80. The van der Waals surface area contributed by atoms with E-state index in [1.54, 1.807) is 22.6 Å². The van der Waals surface area contributed by atoms with Crippen LogP contribution in [-0.2, 0) is 10.6 Å². The van der Waals surface area contributed by atoms with Gasteiger partial charge >= 0.3 is 12.3 Å². The topological polar surface area (TPSA) is 48.4 Å². The van der Waals surface area contributed by atoms with Gasteiger partial charge in [-0.05, 0) is 28.2 Å². The standard InChI is InChI=1S/C9H6ClF3INO3/c1-17-8(16)5-6(14)4(2-10)3-15-7(5)18-9(11,12)13/h3H,2H2,1H3. The van der Waals surface area contributed by atoms with E-state index >= 15 is 0 Å². The third kappa shape index (κ3) is 3.61. The highest BCUT2D eigenvalue weighted by Crippen LogP contribution is 2.30. The molecule has 4 nitrogen and oxygen atoms in total. The molecule has 0 spiro atoms. The number of ether oxygens (including phenoxy) is 2. The number of rotatable bonds is 3. The molecule has 1 rings (SSSR count). The van der Waals surface area contributed by atoms with Crippen molar-refractivity contribution >= 4 is 40.2 Å². The minimum absolute atomic E-state index is 0.00155. The van der Waals surface area contributed by atoms with Crippen molar-refractivity contribution in [2.24, 2.45) is 0 Å². The number of methoxy groups -OCH3 is 1. The summed E-state index contributed by atoms with van der Waals surface area (Å²) in [5.74, 6) is -1.83. The van der Waals surface area contributed by atoms with E-state index in [0.717, 1.165) is 13.3 Å². The molecule has 100 valence electrons. The molecule has 0 saturated heterocycles. The molecule has 0 unspecified atom stereocenters. The van der Waals surface area contributed by atoms with Gasteiger partial charge in [0.2, 0.25) is 5.88 Å². The van der Waals surface area contributed by atoms with Crippen LogP contribution in [0.2, 0.25) is 0 Å². The molecule has 0 aromatic carbocycles. The smallest absolute Gasteiger partial charge is 0.465 e. The van der Waals surface area contributed by atoms with Gasteiger partial charge in [0, 0.05) is 15.6 Å². The molecule has 0 N–H and O–H groups in total. The van der Waals surface area contributed by atoms with E-state index in [1.807, 2.05) is 0 Å². The Morgan fingerprint density at radius 1 is 1.56 bits per heavy atom. The van der Waals surface area contributed by atoms with Crippen LogP contribution >= 0.6 is 34.2 Å². The zero-order valence-electron chi connectivity index (χ0n) is 8.85. The molecular formula is C9H6ClF3INO3. The van der Waals surface area contributed by atoms with Gasteiger partial charge in [-0.2, -0.15) is 0 Å². The van der Waals surface area contributed by atoms with Gasteiger partial charge in [-0.25, -0.2) is 9.78 Å². The first-order valence-electron chi connectivity index (χ1n) is 4.37. The Bertz CT molecular complexity index is 467. The van der Waals surface area contributed by atoms with Crippen LogP contribution in [0.5, 0.6) is 5.88 Å². The first kappa shape index (κ1) is 15.3. The van der Waals surface area contributed by atoms with Gasteiger partial charge < -0.3 is 9.47 Å². The number of aromatic nitrogens is 1. The maximum atomic E-state index is 12.2. The summed E-state index contributed by atoms with van der Waals surface area (Å²) >= 11 is 7.26. The normalized spacial score (nSPS) is 11.2. The van der Waals surface area contributed by atoms with Crippen molar-refractivity contribution in [2.45, 2.75) is 12.2 Å². The van der Waals surface area contributed by atoms with Crippen LogP contribution in [0, 0.1) is 3.57 Å². The number of pyridine rings is 1. The number of hydrogen-bond donors (Lipinski definition) is 0. The Hall–Kier alpha value is -0.770. The molecular weight excluding hydrogens is 389 g/mol. The fourth-order valence-corrected chi connectivity index (χ4v) is 2.28. The van der Waals surface area contributed by atoms with Gasteiger partial charge in [-0.15, -0.1) is 24.8 Å². The molecule has 0 saturated carbocycles. The van der Waals surface area contributed by atoms with Gasteiger partial charge in [0.1, 0.15) is 5.56 Å². The second-order valence-electron chi connectivity index (χ2n) is 2.95. The van der Waals surface area contributed by atoms with E-state index in [4.69, 9.17) is 11.6 Å². The van der Waals surface area contributed by atoms with E-state index in [9.17, 15) is 18.0 Å². The van der Waals surface area contributed by atoms with Gasteiger partial charge in [0.15, 0.2) is 0 Å². The van der Waals surface area contributed by atoms with Crippen LogP contribution < -0.4 is 4.74 Å². The third-order valence-corrected chi connectivity index (χ3v) is 3.32. The molecule has 0 aliphatic rings. The Morgan fingerprint density at radius 3 is 2.61 bits per heavy atom. The van der Waals surface area contributed by atoms with Crippen molar-refractivity contribution in [3.05, 3.63) is 20.9 Å². The number of carbonyl (C=O) groups excluding carboxylic acids is 1. The molecule has 0 aliphatic carbocycles. The summed E-state index contributed by atoms with van der Waals surface area (Å²) in [6, 6.07) is 0. The molecule has 1 heterocycles. The van der Waals surface area contributed by atoms with Crippen LogP contribution in [-0.4, -0.2) is 24.4 Å². The monoisotopic (exact) mass is 395 g/mol. The quantitative estimate of drug-likeness (QED) is 0.448. The second kappa shape index (κ2) is 5.91. The molecule has 0 atom stereocenters. The molecule has 0 amide bonds. The summed E-state index contributed by atoms with van der Waals surface area (Å²) < 4.78 is 44.8. The zero-order valence-corrected chi connectivity index (χ0v) is 11.8. The zero-order chi connectivity index (χ0) is 13.9. The van der Waals surface area contributed by atoms with E-state index in [2.05, 4.69) is 14.5 Å². The largest absolute Gasteiger partial charge is 0.574 e. The number of hydrogen-bond acceptors (Lipinski definition) is 4. The summed E-state index contributed by atoms with van der Waals surface area (Å²) in [6.07, 6.45) is -3.83. The number of esters is 1. The Morgan fingerprint density at radius 2 is 2.17 bits per heavy atom. The van der Waals surface area contributed by atoms with Crippen LogP contribution in [0.4, 0.5) is 13.2 Å². The molecule has 1 aromatic rings. The summed E-state index contributed by atoms with van der Waals surface area (Å²) in [6.45, 7) is 0.